The molecule has 0 aliphatic carbocycles. The number of nitro groups is 1. The summed E-state index contributed by atoms with van der Waals surface area (Å²) in [6.07, 6.45) is 1.67. The first-order valence-electron chi connectivity index (χ1n) is 7.70. The van der Waals surface area contributed by atoms with Gasteiger partial charge in [0, 0.05) is 24.4 Å². The van der Waals surface area contributed by atoms with Crippen molar-refractivity contribution in [1.82, 2.24) is 9.78 Å². The van der Waals surface area contributed by atoms with Gasteiger partial charge in [0.15, 0.2) is 5.82 Å². The van der Waals surface area contributed by atoms with Gasteiger partial charge in [0.2, 0.25) is 0 Å². The molecule has 1 aromatic heterocycles. The Kier molecular flexibility index (Phi) is 4.72. The molecule has 0 unspecified atom stereocenters. The molecule has 3 aromatic rings. The summed E-state index contributed by atoms with van der Waals surface area (Å²) >= 11 is 0. The second-order valence-corrected chi connectivity index (χ2v) is 7.35. The van der Waals surface area contributed by atoms with Crippen molar-refractivity contribution in [1.29, 1.82) is 0 Å². The number of nitro benzene ring substituents is 1. The van der Waals surface area contributed by atoms with E-state index < -0.39 is 14.9 Å². The van der Waals surface area contributed by atoms with Crippen LogP contribution in [-0.2, 0) is 16.6 Å². The third-order valence-corrected chi connectivity index (χ3v) is 5.24. The quantitative estimate of drug-likeness (QED) is 0.529. The van der Waals surface area contributed by atoms with E-state index in [-0.39, 0.29) is 22.0 Å². The van der Waals surface area contributed by atoms with Crippen molar-refractivity contribution in [3.63, 3.8) is 0 Å². The third-order valence-electron chi connectivity index (χ3n) is 3.73. The largest absolute Gasteiger partial charge is 0.269 e. The van der Waals surface area contributed by atoms with Crippen molar-refractivity contribution in [3.05, 3.63) is 82.0 Å². The first-order valence-corrected chi connectivity index (χ1v) is 9.19. The molecule has 0 amide bonds. The van der Waals surface area contributed by atoms with Crippen LogP contribution in [-0.4, -0.2) is 23.1 Å². The summed E-state index contributed by atoms with van der Waals surface area (Å²) in [6.45, 7) is 2.02. The van der Waals surface area contributed by atoms with Crippen molar-refractivity contribution in [2.75, 3.05) is 4.72 Å². The lowest BCUT2D eigenvalue weighted by molar-refractivity contribution is -0.385. The second-order valence-electron chi connectivity index (χ2n) is 5.70. The minimum absolute atomic E-state index is 0.0271. The van der Waals surface area contributed by atoms with Crippen LogP contribution in [0.2, 0.25) is 0 Å². The number of benzene rings is 2. The van der Waals surface area contributed by atoms with Crippen LogP contribution >= 0.6 is 0 Å². The maximum Gasteiger partial charge on any atom is 0.269 e. The zero-order chi connectivity index (χ0) is 18.7. The molecule has 0 bridgehead atoms. The molecule has 0 saturated carbocycles. The SMILES string of the molecule is Cc1cc([N+](=O)[O-])ccc1S(=O)(=O)Nc1ccn(Cc2ccccc2)n1. The van der Waals surface area contributed by atoms with Crippen molar-refractivity contribution >= 4 is 21.5 Å². The van der Waals surface area contributed by atoms with E-state index in [0.717, 1.165) is 11.6 Å². The molecular weight excluding hydrogens is 356 g/mol. The molecule has 0 spiro atoms. The van der Waals surface area contributed by atoms with E-state index in [1.807, 2.05) is 30.3 Å². The summed E-state index contributed by atoms with van der Waals surface area (Å²) in [4.78, 5) is 10.2. The number of hydrogen-bond donors (Lipinski definition) is 1. The monoisotopic (exact) mass is 372 g/mol. The lowest BCUT2D eigenvalue weighted by Crippen LogP contribution is -2.15. The number of aryl methyl sites for hydroxylation is 1. The number of anilines is 1. The van der Waals surface area contributed by atoms with E-state index >= 15 is 0 Å². The van der Waals surface area contributed by atoms with Crippen molar-refractivity contribution in [2.45, 2.75) is 18.4 Å². The fourth-order valence-electron chi connectivity index (χ4n) is 2.52. The summed E-state index contributed by atoms with van der Waals surface area (Å²) in [7, 11) is -3.89. The molecule has 26 heavy (non-hydrogen) atoms. The predicted molar refractivity (Wildman–Crippen MR) is 96.4 cm³/mol. The zero-order valence-corrected chi connectivity index (χ0v) is 14.7. The first kappa shape index (κ1) is 17.6. The first-order chi connectivity index (χ1) is 12.3. The fourth-order valence-corrected chi connectivity index (χ4v) is 3.74. The van der Waals surface area contributed by atoms with Crippen LogP contribution in [0.4, 0.5) is 11.5 Å². The van der Waals surface area contributed by atoms with Gasteiger partial charge in [-0.1, -0.05) is 30.3 Å². The smallest absolute Gasteiger partial charge is 0.266 e. The molecule has 1 N–H and O–H groups in total. The molecular formula is C17H16N4O4S. The Morgan fingerprint density at radius 2 is 1.88 bits per heavy atom. The van der Waals surface area contributed by atoms with Crippen molar-refractivity contribution < 1.29 is 13.3 Å². The number of aromatic nitrogens is 2. The molecule has 0 saturated heterocycles. The average molecular weight is 372 g/mol. The van der Waals surface area contributed by atoms with Crippen LogP contribution in [0.25, 0.3) is 0 Å². The molecule has 0 aliphatic heterocycles. The summed E-state index contributed by atoms with van der Waals surface area (Å²) in [5.74, 6) is 0.179. The van der Waals surface area contributed by atoms with Gasteiger partial charge >= 0.3 is 0 Å². The van der Waals surface area contributed by atoms with Gasteiger partial charge in [0.05, 0.1) is 16.4 Å². The van der Waals surface area contributed by atoms with Gasteiger partial charge in [-0.3, -0.25) is 19.5 Å². The van der Waals surface area contributed by atoms with Crippen LogP contribution < -0.4 is 4.72 Å². The fraction of sp³-hybridized carbons (Fsp3) is 0.118. The third kappa shape index (κ3) is 3.89. The Balaban J connectivity index is 1.79. The van der Waals surface area contributed by atoms with Crippen LogP contribution in [0.5, 0.6) is 0 Å². The minimum atomic E-state index is -3.89. The summed E-state index contributed by atoms with van der Waals surface area (Å²) < 4.78 is 29.1. The maximum absolute atomic E-state index is 12.5. The van der Waals surface area contributed by atoms with Gasteiger partial charge in [0.25, 0.3) is 15.7 Å². The Morgan fingerprint density at radius 1 is 1.15 bits per heavy atom. The standard InChI is InChI=1S/C17H16N4O4S/c1-13-11-15(21(22)23)7-8-16(13)26(24,25)19-17-9-10-20(18-17)12-14-5-3-2-4-6-14/h2-11H,12H2,1H3,(H,18,19). The lowest BCUT2D eigenvalue weighted by atomic mass is 10.2. The normalized spacial score (nSPS) is 11.3. The van der Waals surface area contributed by atoms with Crippen LogP contribution in [0.3, 0.4) is 0 Å². The summed E-state index contributed by atoms with van der Waals surface area (Å²) in [5, 5.41) is 15.0. The zero-order valence-electron chi connectivity index (χ0n) is 13.9. The second kappa shape index (κ2) is 6.96. The average Bonchev–Trinajstić information content (AvgIpc) is 3.01. The molecule has 8 nitrogen and oxygen atoms in total. The molecule has 3 rings (SSSR count). The van der Waals surface area contributed by atoms with E-state index in [1.165, 1.54) is 19.1 Å². The van der Waals surface area contributed by atoms with E-state index in [0.29, 0.717) is 6.54 Å². The summed E-state index contributed by atoms with van der Waals surface area (Å²) in [6, 6.07) is 14.8. The molecule has 0 radical (unpaired) electrons. The van der Waals surface area contributed by atoms with Crippen LogP contribution in [0, 0.1) is 17.0 Å². The van der Waals surface area contributed by atoms with E-state index in [1.54, 1.807) is 16.9 Å². The Bertz CT molecular complexity index is 1050. The molecule has 0 aliphatic rings. The summed E-state index contributed by atoms with van der Waals surface area (Å²) in [5.41, 5.74) is 1.17. The molecule has 0 atom stereocenters. The van der Waals surface area contributed by atoms with Crippen LogP contribution in [0.1, 0.15) is 11.1 Å². The molecule has 9 heteroatoms. The van der Waals surface area contributed by atoms with Gasteiger partial charge in [-0.05, 0) is 24.1 Å². The molecule has 134 valence electrons. The van der Waals surface area contributed by atoms with Gasteiger partial charge in [-0.25, -0.2) is 8.42 Å². The predicted octanol–water partition coefficient (Wildman–Crippen LogP) is 2.95. The van der Waals surface area contributed by atoms with Crippen LogP contribution in [0.15, 0.2) is 65.7 Å². The number of sulfonamides is 1. The Hall–Kier alpha value is -3.20. The number of nitrogens with zero attached hydrogens (tertiary/aromatic N) is 3. The number of hydrogen-bond acceptors (Lipinski definition) is 5. The number of nitrogens with one attached hydrogen (secondary N) is 1. The lowest BCUT2D eigenvalue weighted by Gasteiger charge is -2.08. The van der Waals surface area contributed by atoms with E-state index in [2.05, 4.69) is 9.82 Å². The number of non-ortho nitro benzene ring substituents is 1. The highest BCUT2D eigenvalue weighted by Gasteiger charge is 2.20. The Labute approximate surface area is 150 Å². The Morgan fingerprint density at radius 3 is 2.54 bits per heavy atom. The van der Waals surface area contributed by atoms with Crippen molar-refractivity contribution in [3.8, 4) is 0 Å². The van der Waals surface area contributed by atoms with Gasteiger partial charge in [-0.2, -0.15) is 5.10 Å². The van der Waals surface area contributed by atoms with Gasteiger partial charge < -0.3 is 0 Å². The molecule has 2 aromatic carbocycles. The number of rotatable bonds is 6. The van der Waals surface area contributed by atoms with E-state index in [9.17, 15) is 18.5 Å². The van der Waals surface area contributed by atoms with E-state index in [4.69, 9.17) is 0 Å². The minimum Gasteiger partial charge on any atom is -0.266 e. The highest BCUT2D eigenvalue weighted by molar-refractivity contribution is 7.92. The highest BCUT2D eigenvalue weighted by Crippen LogP contribution is 2.23. The topological polar surface area (TPSA) is 107 Å². The molecule has 0 fully saturated rings. The highest BCUT2D eigenvalue weighted by atomic mass is 32.2. The van der Waals surface area contributed by atoms with Gasteiger partial charge in [-0.15, -0.1) is 0 Å². The maximum atomic E-state index is 12.5. The molecule has 1 heterocycles. The van der Waals surface area contributed by atoms with Gasteiger partial charge in [0.1, 0.15) is 0 Å². The van der Waals surface area contributed by atoms with Crippen molar-refractivity contribution in [2.24, 2.45) is 0 Å².